The lowest BCUT2D eigenvalue weighted by Crippen LogP contribution is -2.52. The van der Waals surface area contributed by atoms with Gasteiger partial charge in [0.25, 0.3) is 0 Å². The lowest BCUT2D eigenvalue weighted by atomic mass is 9.85. The van der Waals surface area contributed by atoms with E-state index in [1.165, 1.54) is 51.9 Å². The largest absolute Gasteiger partial charge is 0.385 e. The number of hydrogen-bond donors (Lipinski definition) is 1. The zero-order chi connectivity index (χ0) is 10.5. The van der Waals surface area contributed by atoms with E-state index in [9.17, 15) is 0 Å². The quantitative estimate of drug-likeness (QED) is 0.706. The molecule has 88 valence electrons. The highest BCUT2D eigenvalue weighted by Gasteiger charge is 2.30. The second-order valence-corrected chi connectivity index (χ2v) is 4.90. The molecular weight excluding hydrogens is 188 g/mol. The monoisotopic (exact) mass is 212 g/mol. The van der Waals surface area contributed by atoms with Gasteiger partial charge in [-0.15, -0.1) is 0 Å². The molecule has 3 heteroatoms. The zero-order valence-corrected chi connectivity index (χ0v) is 9.87. The van der Waals surface area contributed by atoms with E-state index in [-0.39, 0.29) is 0 Å². The van der Waals surface area contributed by atoms with Gasteiger partial charge >= 0.3 is 0 Å². The van der Waals surface area contributed by atoms with E-state index in [4.69, 9.17) is 4.74 Å². The Morgan fingerprint density at radius 3 is 3.20 bits per heavy atom. The van der Waals surface area contributed by atoms with E-state index in [0.29, 0.717) is 0 Å². The average Bonchev–Trinajstić information content (AvgIpc) is 2.29. The molecule has 0 aliphatic carbocycles. The number of nitrogens with one attached hydrogen (secondary N) is 1. The Balaban J connectivity index is 1.71. The number of rotatable bonds is 4. The third kappa shape index (κ3) is 3.16. The first-order valence-electron chi connectivity index (χ1n) is 6.35. The van der Waals surface area contributed by atoms with Crippen molar-refractivity contribution in [2.45, 2.75) is 31.7 Å². The minimum Gasteiger partial charge on any atom is -0.385 e. The predicted molar refractivity (Wildman–Crippen MR) is 62.1 cm³/mol. The molecule has 2 saturated heterocycles. The molecule has 2 aliphatic heterocycles. The molecule has 15 heavy (non-hydrogen) atoms. The average molecular weight is 212 g/mol. The van der Waals surface area contributed by atoms with Crippen molar-refractivity contribution in [1.82, 2.24) is 10.2 Å². The lowest BCUT2D eigenvalue weighted by molar-refractivity contribution is 0.102. The first-order valence-corrected chi connectivity index (χ1v) is 6.35. The van der Waals surface area contributed by atoms with Crippen LogP contribution < -0.4 is 5.32 Å². The smallest absolute Gasteiger partial charge is 0.0474 e. The molecule has 0 aromatic rings. The molecule has 2 fully saturated rings. The van der Waals surface area contributed by atoms with Gasteiger partial charge in [-0.3, -0.25) is 0 Å². The molecule has 0 saturated carbocycles. The molecule has 0 spiro atoms. The number of methoxy groups -OCH3 is 1. The highest BCUT2D eigenvalue weighted by Crippen LogP contribution is 2.24. The summed E-state index contributed by atoms with van der Waals surface area (Å²) in [5.41, 5.74) is 0. The van der Waals surface area contributed by atoms with Crippen LogP contribution in [0.2, 0.25) is 0 Å². The third-order valence-electron chi connectivity index (χ3n) is 3.80. The molecule has 2 atom stereocenters. The molecule has 0 aromatic heterocycles. The van der Waals surface area contributed by atoms with Gasteiger partial charge in [0.15, 0.2) is 0 Å². The van der Waals surface area contributed by atoms with Crippen molar-refractivity contribution in [2.24, 2.45) is 5.92 Å². The fourth-order valence-electron chi connectivity index (χ4n) is 2.96. The molecular formula is C12H24N2O. The van der Waals surface area contributed by atoms with Crippen LogP contribution in [0.15, 0.2) is 0 Å². The molecule has 2 rings (SSSR count). The number of ether oxygens (including phenoxy) is 1. The molecule has 2 heterocycles. The molecule has 1 N–H and O–H groups in total. The highest BCUT2D eigenvalue weighted by molar-refractivity contribution is 4.88. The standard InChI is InChI=1S/C12H24N2O/c1-15-9-3-7-14-8-5-12-11(10-14)4-2-6-13-12/h11-13H,2-10H2,1H3. The summed E-state index contributed by atoms with van der Waals surface area (Å²) in [6.45, 7) is 5.95. The fraction of sp³-hybridized carbons (Fsp3) is 1.00. The van der Waals surface area contributed by atoms with E-state index < -0.39 is 0 Å². The van der Waals surface area contributed by atoms with Crippen molar-refractivity contribution in [3.05, 3.63) is 0 Å². The summed E-state index contributed by atoms with van der Waals surface area (Å²) in [4.78, 5) is 2.62. The van der Waals surface area contributed by atoms with Gasteiger partial charge < -0.3 is 15.0 Å². The second kappa shape index (κ2) is 5.83. The van der Waals surface area contributed by atoms with Crippen molar-refractivity contribution in [1.29, 1.82) is 0 Å². The van der Waals surface area contributed by atoms with Crippen molar-refractivity contribution in [2.75, 3.05) is 39.9 Å². The summed E-state index contributed by atoms with van der Waals surface area (Å²) in [6, 6.07) is 0.817. The zero-order valence-electron chi connectivity index (χ0n) is 9.87. The van der Waals surface area contributed by atoms with Crippen molar-refractivity contribution in [3.8, 4) is 0 Å². The van der Waals surface area contributed by atoms with Gasteiger partial charge in [-0.25, -0.2) is 0 Å². The Morgan fingerprint density at radius 2 is 2.33 bits per heavy atom. The van der Waals surface area contributed by atoms with Crippen LogP contribution in [-0.4, -0.2) is 50.8 Å². The number of piperidine rings is 2. The number of fused-ring (bicyclic) bond motifs is 1. The molecule has 2 unspecified atom stereocenters. The predicted octanol–water partition coefficient (Wildman–Crippen LogP) is 1.10. The fourth-order valence-corrected chi connectivity index (χ4v) is 2.96. The summed E-state index contributed by atoms with van der Waals surface area (Å²) in [5, 5.41) is 3.66. The summed E-state index contributed by atoms with van der Waals surface area (Å²) in [6.07, 6.45) is 5.32. The minimum absolute atomic E-state index is 0.817. The Kier molecular flexibility index (Phi) is 4.42. The first-order chi connectivity index (χ1) is 7.40. The van der Waals surface area contributed by atoms with Crippen LogP contribution in [0, 0.1) is 5.92 Å². The molecule has 0 aromatic carbocycles. The summed E-state index contributed by atoms with van der Waals surface area (Å²) < 4.78 is 5.10. The van der Waals surface area contributed by atoms with Gasteiger partial charge in [0, 0.05) is 32.8 Å². The Labute approximate surface area is 93.2 Å². The van der Waals surface area contributed by atoms with Crippen LogP contribution in [0.25, 0.3) is 0 Å². The highest BCUT2D eigenvalue weighted by atomic mass is 16.5. The molecule has 0 radical (unpaired) electrons. The van der Waals surface area contributed by atoms with Crippen molar-refractivity contribution in [3.63, 3.8) is 0 Å². The van der Waals surface area contributed by atoms with Gasteiger partial charge in [-0.2, -0.15) is 0 Å². The maximum atomic E-state index is 5.10. The van der Waals surface area contributed by atoms with E-state index in [1.54, 1.807) is 7.11 Å². The van der Waals surface area contributed by atoms with Gasteiger partial charge in [0.1, 0.15) is 0 Å². The Morgan fingerprint density at radius 1 is 1.40 bits per heavy atom. The van der Waals surface area contributed by atoms with Crippen molar-refractivity contribution >= 4 is 0 Å². The molecule has 2 aliphatic rings. The number of hydrogen-bond acceptors (Lipinski definition) is 3. The number of nitrogens with zero attached hydrogens (tertiary/aromatic N) is 1. The van der Waals surface area contributed by atoms with Gasteiger partial charge in [0.05, 0.1) is 0 Å². The Bertz CT molecular complexity index is 184. The summed E-state index contributed by atoms with van der Waals surface area (Å²) in [5.74, 6) is 0.912. The SMILES string of the molecule is COCCCN1CCC2NCCCC2C1. The second-order valence-electron chi connectivity index (χ2n) is 4.90. The van der Waals surface area contributed by atoms with E-state index in [2.05, 4.69) is 10.2 Å². The van der Waals surface area contributed by atoms with Crippen LogP contribution in [-0.2, 0) is 4.74 Å². The molecule has 0 bridgehead atoms. The van der Waals surface area contributed by atoms with Crippen LogP contribution >= 0.6 is 0 Å². The minimum atomic E-state index is 0.817. The maximum absolute atomic E-state index is 5.10. The van der Waals surface area contributed by atoms with Crippen LogP contribution in [0.1, 0.15) is 25.7 Å². The van der Waals surface area contributed by atoms with E-state index >= 15 is 0 Å². The van der Waals surface area contributed by atoms with Gasteiger partial charge in [-0.1, -0.05) is 0 Å². The van der Waals surface area contributed by atoms with Gasteiger partial charge in [-0.05, 0) is 44.7 Å². The normalized spacial score (nSPS) is 32.6. The topological polar surface area (TPSA) is 24.5 Å². The van der Waals surface area contributed by atoms with Crippen LogP contribution in [0.4, 0.5) is 0 Å². The molecule has 0 amide bonds. The van der Waals surface area contributed by atoms with E-state index in [0.717, 1.165) is 18.6 Å². The maximum Gasteiger partial charge on any atom is 0.0474 e. The first kappa shape index (κ1) is 11.4. The van der Waals surface area contributed by atoms with Crippen LogP contribution in [0.3, 0.4) is 0 Å². The lowest BCUT2D eigenvalue weighted by Gasteiger charge is -2.41. The summed E-state index contributed by atoms with van der Waals surface area (Å²) >= 11 is 0. The van der Waals surface area contributed by atoms with E-state index in [1.807, 2.05) is 0 Å². The number of likely N-dealkylation sites (tertiary alicyclic amines) is 1. The van der Waals surface area contributed by atoms with Crippen LogP contribution in [0.5, 0.6) is 0 Å². The molecule has 3 nitrogen and oxygen atoms in total. The van der Waals surface area contributed by atoms with Crippen molar-refractivity contribution < 1.29 is 4.74 Å². The summed E-state index contributed by atoms with van der Waals surface area (Å²) in [7, 11) is 1.79. The Hall–Kier alpha value is -0.120. The third-order valence-corrected chi connectivity index (χ3v) is 3.80. The van der Waals surface area contributed by atoms with Gasteiger partial charge in [0.2, 0.25) is 0 Å².